The maximum atomic E-state index is 12.7. The van der Waals surface area contributed by atoms with Crippen molar-refractivity contribution in [2.45, 2.75) is 71.2 Å². The van der Waals surface area contributed by atoms with Gasteiger partial charge in [-0.2, -0.15) is 0 Å². The molecule has 0 heterocycles. The zero-order valence-electron chi connectivity index (χ0n) is 12.8. The molecule has 0 saturated carbocycles. The molecule has 0 bridgehead atoms. The minimum absolute atomic E-state index is 0.0910. The van der Waals surface area contributed by atoms with E-state index in [1.807, 2.05) is 0 Å². The molecule has 0 spiro atoms. The smallest absolute Gasteiger partial charge is 0.319 e. The van der Waals surface area contributed by atoms with Crippen LogP contribution in [0, 0.1) is 5.92 Å². The first-order valence-corrected chi connectivity index (χ1v) is 8.44. The fourth-order valence-corrected chi connectivity index (χ4v) is 3.00. The molecular weight excluding hydrogens is 263 g/mol. The first-order valence-electron chi connectivity index (χ1n) is 7.39. The van der Waals surface area contributed by atoms with Crippen LogP contribution in [-0.4, -0.2) is 29.8 Å². The Morgan fingerprint density at radius 1 is 1.26 bits per heavy atom. The molecule has 0 aliphatic heterocycles. The number of alkyl halides is 1. The number of hydrogen-bond donors (Lipinski definition) is 0. The fraction of sp³-hybridized carbons (Fsp3) is 0.933. The molecule has 0 aromatic carbocycles. The lowest BCUT2D eigenvalue weighted by Crippen LogP contribution is -2.23. The van der Waals surface area contributed by atoms with Gasteiger partial charge in [-0.05, 0) is 44.3 Å². The van der Waals surface area contributed by atoms with Crippen molar-refractivity contribution in [1.29, 1.82) is 0 Å². The van der Waals surface area contributed by atoms with Gasteiger partial charge in [-0.3, -0.25) is 4.79 Å². The number of esters is 1. The number of ether oxygens (including phenoxy) is 1. The summed E-state index contributed by atoms with van der Waals surface area (Å²) in [5.41, 5.74) is 0. The molecule has 0 N–H and O–H groups in total. The second-order valence-electron chi connectivity index (χ2n) is 5.43. The zero-order chi connectivity index (χ0) is 14.7. The molecule has 0 aromatic heterocycles. The van der Waals surface area contributed by atoms with E-state index in [4.69, 9.17) is 4.74 Å². The van der Waals surface area contributed by atoms with Crippen LogP contribution < -0.4 is 0 Å². The number of carbonyl (C=O) groups is 1. The lowest BCUT2D eigenvalue weighted by atomic mass is 10.1. The molecule has 19 heavy (non-hydrogen) atoms. The first kappa shape index (κ1) is 18.8. The standard InChI is InChI=1S/C15H29FO2S/c1-5-6-9-18-15(17)14(11-12(2)3)19-10-7-8-13(4)16/h12-14H,5-11H2,1-4H3. The van der Waals surface area contributed by atoms with Crippen molar-refractivity contribution in [2.24, 2.45) is 5.92 Å². The van der Waals surface area contributed by atoms with Crippen molar-refractivity contribution >= 4 is 17.7 Å². The zero-order valence-corrected chi connectivity index (χ0v) is 13.6. The van der Waals surface area contributed by atoms with Gasteiger partial charge in [-0.1, -0.05) is 27.2 Å². The predicted molar refractivity (Wildman–Crippen MR) is 81.4 cm³/mol. The minimum atomic E-state index is -0.749. The Morgan fingerprint density at radius 2 is 1.95 bits per heavy atom. The highest BCUT2D eigenvalue weighted by Crippen LogP contribution is 2.22. The van der Waals surface area contributed by atoms with Gasteiger partial charge in [-0.25, -0.2) is 4.39 Å². The van der Waals surface area contributed by atoms with Gasteiger partial charge in [0.25, 0.3) is 0 Å². The van der Waals surface area contributed by atoms with E-state index in [9.17, 15) is 9.18 Å². The molecule has 0 rings (SSSR count). The van der Waals surface area contributed by atoms with E-state index in [1.54, 1.807) is 18.7 Å². The lowest BCUT2D eigenvalue weighted by molar-refractivity contribution is -0.143. The highest BCUT2D eigenvalue weighted by atomic mass is 32.2. The van der Waals surface area contributed by atoms with E-state index in [1.165, 1.54) is 0 Å². The third kappa shape index (κ3) is 11.3. The van der Waals surface area contributed by atoms with Gasteiger partial charge in [0.1, 0.15) is 5.25 Å². The summed E-state index contributed by atoms with van der Waals surface area (Å²) in [5.74, 6) is 1.20. The van der Waals surface area contributed by atoms with Crippen LogP contribution in [0.5, 0.6) is 0 Å². The summed E-state index contributed by atoms with van der Waals surface area (Å²) in [6.07, 6.45) is 3.43. The number of unbranched alkanes of at least 4 members (excludes halogenated alkanes) is 1. The van der Waals surface area contributed by atoms with Crippen LogP contribution >= 0.6 is 11.8 Å². The molecule has 2 nitrogen and oxygen atoms in total. The lowest BCUT2D eigenvalue weighted by Gasteiger charge is -2.17. The Hall–Kier alpha value is -0.250. The van der Waals surface area contributed by atoms with E-state index >= 15 is 0 Å². The van der Waals surface area contributed by atoms with Crippen LogP contribution in [0.2, 0.25) is 0 Å². The predicted octanol–water partition coefficient (Wildman–Crippen LogP) is 4.62. The van der Waals surface area contributed by atoms with Gasteiger partial charge < -0.3 is 4.74 Å². The topological polar surface area (TPSA) is 26.3 Å². The molecule has 114 valence electrons. The summed E-state index contributed by atoms with van der Waals surface area (Å²) in [6, 6.07) is 0. The van der Waals surface area contributed by atoms with Crippen LogP contribution in [0.1, 0.15) is 59.8 Å². The van der Waals surface area contributed by atoms with Gasteiger partial charge in [0, 0.05) is 0 Å². The van der Waals surface area contributed by atoms with E-state index in [0.717, 1.165) is 31.4 Å². The molecule has 2 atom stereocenters. The van der Waals surface area contributed by atoms with Crippen molar-refractivity contribution < 1.29 is 13.9 Å². The summed E-state index contributed by atoms with van der Waals surface area (Å²) in [5, 5.41) is -0.0910. The maximum absolute atomic E-state index is 12.7. The SMILES string of the molecule is CCCCOC(=O)C(CC(C)C)SCCCC(C)F. The summed E-state index contributed by atoms with van der Waals surface area (Å²) in [6.45, 7) is 8.39. The summed E-state index contributed by atoms with van der Waals surface area (Å²) in [4.78, 5) is 12.0. The molecule has 0 amide bonds. The Balaban J connectivity index is 4.03. The second kappa shape index (κ2) is 11.6. The number of thioether (sulfide) groups is 1. The van der Waals surface area contributed by atoms with Gasteiger partial charge in [-0.15, -0.1) is 11.8 Å². The van der Waals surface area contributed by atoms with Crippen molar-refractivity contribution in [1.82, 2.24) is 0 Å². The highest BCUT2D eigenvalue weighted by molar-refractivity contribution is 8.00. The molecule has 2 unspecified atom stereocenters. The Kier molecular flexibility index (Phi) is 11.4. The fourth-order valence-electron chi connectivity index (χ4n) is 1.66. The summed E-state index contributed by atoms with van der Waals surface area (Å²) in [7, 11) is 0. The average molecular weight is 292 g/mol. The van der Waals surface area contributed by atoms with E-state index in [-0.39, 0.29) is 11.2 Å². The first-order chi connectivity index (χ1) is 8.97. The molecule has 0 saturated heterocycles. The molecule has 0 radical (unpaired) electrons. The monoisotopic (exact) mass is 292 g/mol. The normalized spacial score (nSPS) is 14.4. The van der Waals surface area contributed by atoms with Crippen molar-refractivity contribution in [3.8, 4) is 0 Å². The Morgan fingerprint density at radius 3 is 2.47 bits per heavy atom. The molecule has 0 fully saturated rings. The Labute approximate surface area is 121 Å². The van der Waals surface area contributed by atoms with Crippen LogP contribution in [0.4, 0.5) is 4.39 Å². The van der Waals surface area contributed by atoms with Crippen LogP contribution in [0.15, 0.2) is 0 Å². The molecule has 0 aliphatic rings. The molecular formula is C15H29FO2S. The highest BCUT2D eigenvalue weighted by Gasteiger charge is 2.21. The number of halogens is 1. The van der Waals surface area contributed by atoms with E-state index < -0.39 is 6.17 Å². The average Bonchev–Trinajstić information content (AvgIpc) is 2.32. The number of rotatable bonds is 11. The van der Waals surface area contributed by atoms with Crippen molar-refractivity contribution in [3.63, 3.8) is 0 Å². The van der Waals surface area contributed by atoms with E-state index in [2.05, 4.69) is 20.8 Å². The summed E-state index contributed by atoms with van der Waals surface area (Å²) >= 11 is 1.62. The summed E-state index contributed by atoms with van der Waals surface area (Å²) < 4.78 is 18.0. The molecule has 0 aliphatic carbocycles. The molecule has 4 heteroatoms. The number of carbonyl (C=O) groups excluding carboxylic acids is 1. The minimum Gasteiger partial charge on any atom is -0.465 e. The second-order valence-corrected chi connectivity index (χ2v) is 6.74. The van der Waals surface area contributed by atoms with Gasteiger partial charge in [0.05, 0.1) is 12.8 Å². The van der Waals surface area contributed by atoms with Gasteiger partial charge in [0.2, 0.25) is 0 Å². The largest absolute Gasteiger partial charge is 0.465 e. The van der Waals surface area contributed by atoms with Gasteiger partial charge >= 0.3 is 5.97 Å². The third-order valence-corrected chi connectivity index (χ3v) is 4.07. The third-order valence-electron chi connectivity index (χ3n) is 2.76. The van der Waals surface area contributed by atoms with Gasteiger partial charge in [0.15, 0.2) is 0 Å². The van der Waals surface area contributed by atoms with Crippen molar-refractivity contribution in [3.05, 3.63) is 0 Å². The maximum Gasteiger partial charge on any atom is 0.319 e. The van der Waals surface area contributed by atoms with Crippen LogP contribution in [0.25, 0.3) is 0 Å². The van der Waals surface area contributed by atoms with E-state index in [0.29, 0.717) is 18.9 Å². The molecule has 0 aromatic rings. The quantitative estimate of drug-likeness (QED) is 0.411. The van der Waals surface area contributed by atoms with Crippen LogP contribution in [0.3, 0.4) is 0 Å². The van der Waals surface area contributed by atoms with Crippen LogP contribution in [-0.2, 0) is 9.53 Å². The Bertz CT molecular complexity index is 232. The number of hydrogen-bond acceptors (Lipinski definition) is 3. The van der Waals surface area contributed by atoms with Crippen molar-refractivity contribution in [2.75, 3.05) is 12.4 Å².